The molecular weight excluding hydrogens is 194 g/mol. The summed E-state index contributed by atoms with van der Waals surface area (Å²) in [6.07, 6.45) is 0. The number of likely N-dealkylation sites (N-methyl/N-ethyl adjacent to an activating group) is 1. The third kappa shape index (κ3) is 8.13. The van der Waals surface area contributed by atoms with Gasteiger partial charge in [0.25, 0.3) is 10.2 Å². The van der Waals surface area contributed by atoms with Gasteiger partial charge in [0.1, 0.15) is 0 Å². The van der Waals surface area contributed by atoms with Gasteiger partial charge in [0.05, 0.1) is 5.60 Å². The molecule has 1 unspecified atom stereocenters. The molecule has 0 saturated carbocycles. The maximum absolute atomic E-state index is 10.5. The van der Waals surface area contributed by atoms with Crippen molar-refractivity contribution in [1.29, 1.82) is 0 Å². The fourth-order valence-corrected chi connectivity index (χ4v) is 1.51. The Hall–Kier alpha value is -0.210. The summed E-state index contributed by atoms with van der Waals surface area (Å²) in [6, 6.07) is 0. The summed E-state index contributed by atoms with van der Waals surface area (Å²) >= 11 is 0. The number of nitrogens with two attached hydrogens (primary N) is 1. The van der Waals surface area contributed by atoms with Crippen molar-refractivity contribution < 1.29 is 13.5 Å². The first kappa shape index (κ1) is 12.8. The summed E-state index contributed by atoms with van der Waals surface area (Å²) in [5.41, 5.74) is -1.12. The summed E-state index contributed by atoms with van der Waals surface area (Å²) in [5.74, 6) is 0. The van der Waals surface area contributed by atoms with Crippen molar-refractivity contribution >= 4 is 10.2 Å². The van der Waals surface area contributed by atoms with Crippen molar-refractivity contribution in [3.63, 3.8) is 0 Å². The van der Waals surface area contributed by atoms with E-state index in [0.29, 0.717) is 6.54 Å². The summed E-state index contributed by atoms with van der Waals surface area (Å²) in [6.45, 7) is 1.80. The molecule has 0 radical (unpaired) electrons. The molecule has 0 aliphatic heterocycles. The van der Waals surface area contributed by atoms with Crippen LogP contribution in [-0.4, -0.2) is 51.2 Å². The third-order valence-corrected chi connectivity index (χ3v) is 1.86. The second-order valence-electron chi connectivity index (χ2n) is 3.60. The van der Waals surface area contributed by atoms with Crippen LogP contribution >= 0.6 is 0 Å². The highest BCUT2D eigenvalue weighted by molar-refractivity contribution is 7.87. The molecule has 0 spiro atoms. The predicted octanol–water partition coefficient (Wildman–Crippen LogP) is -1.91. The zero-order chi connectivity index (χ0) is 10.7. The predicted molar refractivity (Wildman–Crippen MR) is 50.3 cm³/mol. The first-order valence-electron chi connectivity index (χ1n) is 3.77. The standard InChI is InChI=1S/C6H17N3O3S/c1-6(10,5-9(2)3)4-8-13(7,11)12/h8,10H,4-5H2,1-3H3,(H2,7,11,12). The van der Waals surface area contributed by atoms with E-state index in [2.05, 4.69) is 0 Å². The van der Waals surface area contributed by atoms with E-state index in [-0.39, 0.29) is 6.54 Å². The largest absolute Gasteiger partial charge is 0.387 e. The highest BCUT2D eigenvalue weighted by Crippen LogP contribution is 2.02. The van der Waals surface area contributed by atoms with E-state index in [1.54, 1.807) is 19.0 Å². The molecule has 0 saturated heterocycles. The highest BCUT2D eigenvalue weighted by Gasteiger charge is 2.22. The van der Waals surface area contributed by atoms with Crippen LogP contribution in [0.2, 0.25) is 0 Å². The fraction of sp³-hybridized carbons (Fsp3) is 1.00. The topological polar surface area (TPSA) is 95.7 Å². The summed E-state index contributed by atoms with van der Waals surface area (Å²) < 4.78 is 23.1. The van der Waals surface area contributed by atoms with E-state index in [1.807, 2.05) is 4.72 Å². The molecule has 6 nitrogen and oxygen atoms in total. The highest BCUT2D eigenvalue weighted by atomic mass is 32.2. The SMILES string of the molecule is CN(C)CC(C)(O)CNS(N)(=O)=O. The van der Waals surface area contributed by atoms with Gasteiger partial charge in [0, 0.05) is 13.1 Å². The van der Waals surface area contributed by atoms with E-state index < -0.39 is 15.8 Å². The van der Waals surface area contributed by atoms with E-state index in [9.17, 15) is 13.5 Å². The van der Waals surface area contributed by atoms with Crippen LogP contribution < -0.4 is 9.86 Å². The lowest BCUT2D eigenvalue weighted by Gasteiger charge is -2.26. The number of hydrogen-bond acceptors (Lipinski definition) is 4. The Bertz CT molecular complexity index is 248. The molecule has 0 amide bonds. The molecule has 0 aliphatic carbocycles. The monoisotopic (exact) mass is 211 g/mol. The number of rotatable bonds is 5. The minimum atomic E-state index is -3.72. The maximum Gasteiger partial charge on any atom is 0.274 e. The van der Waals surface area contributed by atoms with Crippen LogP contribution in [0.15, 0.2) is 0 Å². The summed E-state index contributed by atoms with van der Waals surface area (Å²) in [4.78, 5) is 1.75. The zero-order valence-electron chi connectivity index (χ0n) is 8.11. The maximum atomic E-state index is 10.5. The summed E-state index contributed by atoms with van der Waals surface area (Å²) in [5, 5.41) is 14.3. The van der Waals surface area contributed by atoms with Crippen molar-refractivity contribution in [3.05, 3.63) is 0 Å². The van der Waals surface area contributed by atoms with Crippen LogP contribution in [0.3, 0.4) is 0 Å². The van der Waals surface area contributed by atoms with Crippen LogP contribution in [0.5, 0.6) is 0 Å². The van der Waals surface area contributed by atoms with Gasteiger partial charge in [-0.25, -0.2) is 5.14 Å². The smallest absolute Gasteiger partial charge is 0.274 e. The molecule has 1 atom stereocenters. The van der Waals surface area contributed by atoms with Crippen LogP contribution in [-0.2, 0) is 10.2 Å². The van der Waals surface area contributed by atoms with Crippen molar-refractivity contribution in [3.8, 4) is 0 Å². The van der Waals surface area contributed by atoms with Gasteiger partial charge in [0.2, 0.25) is 0 Å². The quantitative estimate of drug-likeness (QED) is 0.494. The number of nitrogens with zero attached hydrogens (tertiary/aromatic N) is 1. The van der Waals surface area contributed by atoms with Gasteiger partial charge >= 0.3 is 0 Å². The first-order chi connectivity index (χ1) is 5.62. The Morgan fingerprint density at radius 1 is 1.54 bits per heavy atom. The van der Waals surface area contributed by atoms with Gasteiger partial charge in [0.15, 0.2) is 0 Å². The van der Waals surface area contributed by atoms with Gasteiger partial charge < -0.3 is 10.0 Å². The molecule has 7 heteroatoms. The van der Waals surface area contributed by atoms with Crippen molar-refractivity contribution in [2.45, 2.75) is 12.5 Å². The lowest BCUT2D eigenvalue weighted by molar-refractivity contribution is 0.0386. The zero-order valence-corrected chi connectivity index (χ0v) is 8.93. The molecule has 0 aromatic heterocycles. The number of hydrogen-bond donors (Lipinski definition) is 3. The van der Waals surface area contributed by atoms with E-state index in [1.165, 1.54) is 6.92 Å². The van der Waals surface area contributed by atoms with Gasteiger partial charge in [-0.2, -0.15) is 13.1 Å². The Morgan fingerprint density at radius 2 is 2.00 bits per heavy atom. The van der Waals surface area contributed by atoms with E-state index in [4.69, 9.17) is 5.14 Å². The molecule has 0 heterocycles. The first-order valence-corrected chi connectivity index (χ1v) is 5.31. The van der Waals surface area contributed by atoms with Crippen molar-refractivity contribution in [1.82, 2.24) is 9.62 Å². The third-order valence-electron chi connectivity index (χ3n) is 1.31. The average Bonchev–Trinajstić information content (AvgIpc) is 1.79. The van der Waals surface area contributed by atoms with Crippen LogP contribution in [0.4, 0.5) is 0 Å². The number of aliphatic hydroxyl groups is 1. The van der Waals surface area contributed by atoms with Crippen molar-refractivity contribution in [2.24, 2.45) is 5.14 Å². The van der Waals surface area contributed by atoms with Gasteiger partial charge in [-0.3, -0.25) is 0 Å². The molecule has 80 valence electrons. The van der Waals surface area contributed by atoms with E-state index in [0.717, 1.165) is 0 Å². The minimum absolute atomic E-state index is 0.0932. The van der Waals surface area contributed by atoms with Gasteiger partial charge in [-0.1, -0.05) is 0 Å². The normalized spacial score (nSPS) is 17.4. The number of nitrogens with one attached hydrogen (secondary N) is 1. The minimum Gasteiger partial charge on any atom is -0.387 e. The fourth-order valence-electron chi connectivity index (χ4n) is 0.993. The lowest BCUT2D eigenvalue weighted by Crippen LogP contribution is -2.48. The molecule has 0 aromatic rings. The molecule has 0 rings (SSSR count). The Labute approximate surface area is 78.9 Å². The Balaban J connectivity index is 4.04. The molecule has 0 aromatic carbocycles. The average molecular weight is 211 g/mol. The van der Waals surface area contributed by atoms with Crippen LogP contribution in [0.25, 0.3) is 0 Å². The van der Waals surface area contributed by atoms with Crippen molar-refractivity contribution in [2.75, 3.05) is 27.2 Å². The molecule has 0 fully saturated rings. The molecule has 0 aliphatic rings. The van der Waals surface area contributed by atoms with Gasteiger partial charge in [-0.15, -0.1) is 0 Å². The molecular formula is C6H17N3O3S. The molecule has 13 heavy (non-hydrogen) atoms. The second kappa shape index (κ2) is 4.34. The summed E-state index contributed by atoms with van der Waals surface area (Å²) in [7, 11) is -0.155. The van der Waals surface area contributed by atoms with Gasteiger partial charge in [-0.05, 0) is 21.0 Å². The second-order valence-corrected chi connectivity index (χ2v) is 4.98. The molecule has 0 bridgehead atoms. The molecule has 4 N–H and O–H groups in total. The van der Waals surface area contributed by atoms with E-state index >= 15 is 0 Å². The van der Waals surface area contributed by atoms with Crippen LogP contribution in [0.1, 0.15) is 6.92 Å². The lowest BCUT2D eigenvalue weighted by atomic mass is 10.1. The van der Waals surface area contributed by atoms with Crippen LogP contribution in [0, 0.1) is 0 Å². The Kier molecular flexibility index (Phi) is 4.27. The Morgan fingerprint density at radius 3 is 2.31 bits per heavy atom.